The van der Waals surface area contributed by atoms with E-state index in [1.54, 1.807) is 6.07 Å². The van der Waals surface area contributed by atoms with Crippen LogP contribution in [-0.2, 0) is 0 Å². The van der Waals surface area contributed by atoms with E-state index in [4.69, 9.17) is 11.6 Å². The molecule has 0 radical (unpaired) electrons. The smallest absolute Gasteiger partial charge is 0.254 e. The van der Waals surface area contributed by atoms with Gasteiger partial charge in [0.2, 0.25) is 0 Å². The van der Waals surface area contributed by atoms with Crippen molar-refractivity contribution in [2.75, 3.05) is 12.4 Å². The van der Waals surface area contributed by atoms with Crippen LogP contribution < -0.4 is 5.32 Å². The fraction of sp³-hybridized carbons (Fsp3) is 0.462. The van der Waals surface area contributed by atoms with Crippen molar-refractivity contribution in [3.63, 3.8) is 0 Å². The standard InChI is InChI=1S/C13H16BrClFNO/c1-2-9(5-6-15)8-17-13(18)11-4-3-10(14)7-12(11)16/h3-4,7,9H,2,5-6,8H2,1H3,(H,17,18). The van der Waals surface area contributed by atoms with Crippen LogP contribution in [-0.4, -0.2) is 18.3 Å². The Morgan fingerprint density at radius 3 is 2.83 bits per heavy atom. The molecule has 0 aromatic heterocycles. The molecule has 1 aromatic rings. The normalized spacial score (nSPS) is 12.2. The Balaban J connectivity index is 2.59. The summed E-state index contributed by atoms with van der Waals surface area (Å²) in [6, 6.07) is 4.40. The molecule has 1 amide bonds. The van der Waals surface area contributed by atoms with Gasteiger partial charge in [0.1, 0.15) is 5.82 Å². The maximum atomic E-state index is 13.5. The monoisotopic (exact) mass is 335 g/mol. The Morgan fingerprint density at radius 1 is 1.56 bits per heavy atom. The topological polar surface area (TPSA) is 29.1 Å². The Morgan fingerprint density at radius 2 is 2.28 bits per heavy atom. The molecule has 0 aliphatic rings. The SMILES string of the molecule is CCC(CCCl)CNC(=O)c1ccc(Br)cc1F. The van der Waals surface area contributed by atoms with Crippen LogP contribution in [0.3, 0.4) is 0 Å². The number of halogens is 3. The summed E-state index contributed by atoms with van der Waals surface area (Å²) in [4.78, 5) is 11.8. The Bertz CT molecular complexity index is 414. The second-order valence-corrected chi connectivity index (χ2v) is 5.38. The van der Waals surface area contributed by atoms with Crippen molar-refractivity contribution in [2.24, 2.45) is 5.92 Å². The van der Waals surface area contributed by atoms with Gasteiger partial charge in [-0.2, -0.15) is 0 Å². The first-order chi connectivity index (χ1) is 8.58. The second-order valence-electron chi connectivity index (χ2n) is 4.09. The number of rotatable bonds is 6. The average molecular weight is 337 g/mol. The molecule has 0 aliphatic carbocycles. The van der Waals surface area contributed by atoms with Crippen molar-refractivity contribution in [3.05, 3.63) is 34.1 Å². The summed E-state index contributed by atoms with van der Waals surface area (Å²) in [5, 5.41) is 2.74. The number of alkyl halides is 1. The lowest BCUT2D eigenvalue weighted by atomic mass is 10.0. The number of hydrogen-bond acceptors (Lipinski definition) is 1. The van der Waals surface area contributed by atoms with Gasteiger partial charge in [-0.25, -0.2) is 4.39 Å². The minimum atomic E-state index is -0.521. The first-order valence-electron chi connectivity index (χ1n) is 5.87. The first-order valence-corrected chi connectivity index (χ1v) is 7.20. The number of carbonyl (C=O) groups is 1. The highest BCUT2D eigenvalue weighted by Crippen LogP contribution is 2.15. The predicted octanol–water partition coefficient (Wildman–Crippen LogP) is 3.97. The molecule has 1 aromatic carbocycles. The molecular formula is C13H16BrClFNO. The van der Waals surface area contributed by atoms with E-state index in [2.05, 4.69) is 21.2 Å². The molecule has 0 aliphatic heterocycles. The van der Waals surface area contributed by atoms with Crippen LogP contribution in [0.5, 0.6) is 0 Å². The van der Waals surface area contributed by atoms with Gasteiger partial charge in [0.25, 0.3) is 5.91 Å². The van der Waals surface area contributed by atoms with Gasteiger partial charge in [0, 0.05) is 16.9 Å². The van der Waals surface area contributed by atoms with Crippen molar-refractivity contribution in [1.82, 2.24) is 5.32 Å². The summed E-state index contributed by atoms with van der Waals surface area (Å²) in [6.45, 7) is 2.57. The lowest BCUT2D eigenvalue weighted by molar-refractivity contribution is 0.0942. The third-order valence-electron chi connectivity index (χ3n) is 2.82. The number of amides is 1. The van der Waals surface area contributed by atoms with Crippen molar-refractivity contribution in [1.29, 1.82) is 0 Å². The zero-order valence-corrected chi connectivity index (χ0v) is 12.5. The molecule has 100 valence electrons. The molecule has 0 spiro atoms. The zero-order valence-electron chi connectivity index (χ0n) is 10.2. The zero-order chi connectivity index (χ0) is 13.5. The van der Waals surface area contributed by atoms with E-state index < -0.39 is 5.82 Å². The number of benzene rings is 1. The summed E-state index contributed by atoms with van der Waals surface area (Å²) in [7, 11) is 0. The van der Waals surface area contributed by atoms with Gasteiger partial charge in [0.05, 0.1) is 5.56 Å². The fourth-order valence-electron chi connectivity index (χ4n) is 1.61. The minimum Gasteiger partial charge on any atom is -0.352 e. The van der Waals surface area contributed by atoms with E-state index in [1.807, 2.05) is 6.92 Å². The van der Waals surface area contributed by atoms with Crippen molar-refractivity contribution in [3.8, 4) is 0 Å². The van der Waals surface area contributed by atoms with E-state index in [1.165, 1.54) is 12.1 Å². The number of hydrogen-bond donors (Lipinski definition) is 1. The molecule has 0 saturated heterocycles. The molecule has 5 heteroatoms. The maximum absolute atomic E-state index is 13.5. The number of nitrogens with one attached hydrogen (secondary N) is 1. The molecular weight excluding hydrogens is 321 g/mol. The molecule has 0 bridgehead atoms. The summed E-state index contributed by atoms with van der Waals surface area (Å²) in [5.74, 6) is 0.00587. The van der Waals surface area contributed by atoms with Crippen LogP contribution in [0.2, 0.25) is 0 Å². The van der Waals surface area contributed by atoms with Crippen molar-refractivity contribution in [2.45, 2.75) is 19.8 Å². The second kappa shape index (κ2) is 7.74. The summed E-state index contributed by atoms with van der Waals surface area (Å²) < 4.78 is 14.2. The van der Waals surface area contributed by atoms with E-state index in [0.717, 1.165) is 12.8 Å². The first kappa shape index (κ1) is 15.4. The molecule has 0 heterocycles. The average Bonchev–Trinajstić information content (AvgIpc) is 2.34. The highest BCUT2D eigenvalue weighted by atomic mass is 79.9. The molecule has 0 saturated carbocycles. The van der Waals surface area contributed by atoms with Crippen LogP contribution in [0.25, 0.3) is 0 Å². The van der Waals surface area contributed by atoms with E-state index in [9.17, 15) is 9.18 Å². The molecule has 2 nitrogen and oxygen atoms in total. The predicted molar refractivity (Wildman–Crippen MR) is 75.6 cm³/mol. The summed E-state index contributed by atoms with van der Waals surface area (Å²) in [6.07, 6.45) is 1.79. The van der Waals surface area contributed by atoms with Gasteiger partial charge < -0.3 is 5.32 Å². The van der Waals surface area contributed by atoms with Gasteiger partial charge in [0.15, 0.2) is 0 Å². The molecule has 1 rings (SSSR count). The summed E-state index contributed by atoms with van der Waals surface area (Å²) >= 11 is 8.83. The molecule has 1 atom stereocenters. The maximum Gasteiger partial charge on any atom is 0.254 e. The van der Waals surface area contributed by atoms with Crippen LogP contribution in [0, 0.1) is 11.7 Å². The van der Waals surface area contributed by atoms with Crippen molar-refractivity contribution >= 4 is 33.4 Å². The van der Waals surface area contributed by atoms with Crippen LogP contribution in [0.15, 0.2) is 22.7 Å². The van der Waals surface area contributed by atoms with Crippen LogP contribution >= 0.6 is 27.5 Å². The Kier molecular flexibility index (Phi) is 6.65. The van der Waals surface area contributed by atoms with Gasteiger partial charge in [-0.05, 0) is 30.5 Å². The minimum absolute atomic E-state index is 0.0685. The van der Waals surface area contributed by atoms with Gasteiger partial charge in [-0.1, -0.05) is 29.3 Å². The highest BCUT2D eigenvalue weighted by molar-refractivity contribution is 9.10. The Hall–Kier alpha value is -0.610. The highest BCUT2D eigenvalue weighted by Gasteiger charge is 2.13. The van der Waals surface area contributed by atoms with Crippen LogP contribution in [0.1, 0.15) is 30.1 Å². The van der Waals surface area contributed by atoms with Gasteiger partial charge in [-0.15, -0.1) is 11.6 Å². The van der Waals surface area contributed by atoms with Gasteiger partial charge >= 0.3 is 0 Å². The molecule has 1 N–H and O–H groups in total. The lowest BCUT2D eigenvalue weighted by Crippen LogP contribution is -2.30. The summed E-state index contributed by atoms with van der Waals surface area (Å²) in [5.41, 5.74) is 0.0685. The molecule has 18 heavy (non-hydrogen) atoms. The number of carbonyl (C=O) groups excluding carboxylic acids is 1. The molecule has 1 unspecified atom stereocenters. The van der Waals surface area contributed by atoms with Gasteiger partial charge in [-0.3, -0.25) is 4.79 Å². The third-order valence-corrected chi connectivity index (χ3v) is 3.53. The van der Waals surface area contributed by atoms with E-state index >= 15 is 0 Å². The van der Waals surface area contributed by atoms with E-state index in [0.29, 0.717) is 22.8 Å². The Labute approximate surface area is 120 Å². The van der Waals surface area contributed by atoms with Crippen molar-refractivity contribution < 1.29 is 9.18 Å². The molecule has 0 fully saturated rings. The fourth-order valence-corrected chi connectivity index (χ4v) is 2.25. The largest absolute Gasteiger partial charge is 0.352 e. The quantitative estimate of drug-likeness (QED) is 0.782. The van der Waals surface area contributed by atoms with E-state index in [-0.39, 0.29) is 11.5 Å². The lowest BCUT2D eigenvalue weighted by Gasteiger charge is -2.14. The third kappa shape index (κ3) is 4.58. The van der Waals surface area contributed by atoms with Crippen LogP contribution in [0.4, 0.5) is 4.39 Å².